The molecular weight excluding hydrogens is 120 g/mol. The fraction of sp³-hybridized carbons (Fsp3) is 0.600. The third kappa shape index (κ3) is 4.80. The van der Waals surface area contributed by atoms with Crippen LogP contribution in [0.25, 0.3) is 0 Å². The molecule has 0 spiro atoms. The predicted molar refractivity (Wildman–Crippen MR) is 32.8 cm³/mol. The van der Waals surface area contributed by atoms with E-state index in [-0.39, 0.29) is 6.54 Å². The zero-order valence-corrected chi connectivity index (χ0v) is 5.02. The van der Waals surface area contributed by atoms with E-state index >= 15 is 0 Å². The third-order valence-corrected chi connectivity index (χ3v) is 0.688. The third-order valence-electron chi connectivity index (χ3n) is 0.688. The van der Waals surface area contributed by atoms with Gasteiger partial charge < -0.3 is 10.6 Å². The molecule has 0 aromatic heterocycles. The summed E-state index contributed by atoms with van der Waals surface area (Å²) in [5.74, 6) is -1.56. The van der Waals surface area contributed by atoms with Gasteiger partial charge in [0.1, 0.15) is 0 Å². The van der Waals surface area contributed by atoms with Crippen molar-refractivity contribution in [1.29, 1.82) is 0 Å². The van der Waals surface area contributed by atoms with Gasteiger partial charge in [0.25, 0.3) is 0 Å². The van der Waals surface area contributed by atoms with Crippen molar-refractivity contribution in [1.82, 2.24) is 10.6 Å². The standard InChI is InChI=1S/C5H10N2O2/c1-4(8)7-3-5(9)6-2/h3H2,1-2H3,(H,6,9)(H,7,8)/i1D3. The lowest BCUT2D eigenvalue weighted by atomic mass is 10.5. The van der Waals surface area contributed by atoms with E-state index in [1.807, 2.05) is 5.32 Å². The van der Waals surface area contributed by atoms with Crippen LogP contribution < -0.4 is 10.6 Å². The molecule has 0 aliphatic rings. The van der Waals surface area contributed by atoms with E-state index in [2.05, 4.69) is 5.32 Å². The van der Waals surface area contributed by atoms with E-state index in [0.29, 0.717) is 0 Å². The zero-order chi connectivity index (χ0) is 9.78. The van der Waals surface area contributed by atoms with Gasteiger partial charge in [-0.3, -0.25) is 9.59 Å². The number of amides is 2. The Morgan fingerprint density at radius 2 is 2.33 bits per heavy atom. The summed E-state index contributed by atoms with van der Waals surface area (Å²) in [5.41, 5.74) is 0. The normalized spacial score (nSPS) is 14.6. The van der Waals surface area contributed by atoms with Gasteiger partial charge in [0.05, 0.1) is 6.54 Å². The van der Waals surface area contributed by atoms with Crippen LogP contribution in [0, 0.1) is 0 Å². The molecule has 2 amide bonds. The Kier molecular flexibility index (Phi) is 1.67. The Morgan fingerprint density at radius 1 is 1.67 bits per heavy atom. The smallest absolute Gasteiger partial charge is 0.239 e. The molecule has 0 atom stereocenters. The molecule has 0 aliphatic carbocycles. The van der Waals surface area contributed by atoms with Crippen molar-refractivity contribution in [2.24, 2.45) is 0 Å². The molecule has 0 aliphatic heterocycles. The molecule has 0 radical (unpaired) electrons. The Hall–Kier alpha value is -1.06. The number of likely N-dealkylation sites (N-methyl/N-ethyl adjacent to an activating group) is 1. The minimum Gasteiger partial charge on any atom is -0.358 e. The monoisotopic (exact) mass is 133 g/mol. The molecule has 0 rings (SSSR count). The van der Waals surface area contributed by atoms with Crippen LogP contribution in [0.3, 0.4) is 0 Å². The predicted octanol–water partition coefficient (Wildman–Crippen LogP) is -1.13. The van der Waals surface area contributed by atoms with Crippen LogP contribution in [0.1, 0.15) is 11.0 Å². The van der Waals surface area contributed by atoms with Crippen molar-refractivity contribution in [3.8, 4) is 0 Å². The molecule has 0 saturated carbocycles. The lowest BCUT2D eigenvalue weighted by Gasteiger charge is -1.98. The van der Waals surface area contributed by atoms with Gasteiger partial charge in [-0.25, -0.2) is 0 Å². The van der Waals surface area contributed by atoms with Crippen molar-refractivity contribution in [3.63, 3.8) is 0 Å². The van der Waals surface area contributed by atoms with Gasteiger partial charge in [0.2, 0.25) is 11.8 Å². The minimum atomic E-state index is -2.69. The average Bonchev–Trinajstić information content (AvgIpc) is 1.97. The van der Waals surface area contributed by atoms with Gasteiger partial charge in [-0.2, -0.15) is 0 Å². The number of carbonyl (C=O) groups is 2. The summed E-state index contributed by atoms with van der Waals surface area (Å²) in [6, 6.07) is 0. The SMILES string of the molecule is [2H]C([2H])([2H])C(=O)NCC(=O)NC. The van der Waals surface area contributed by atoms with Crippen LogP contribution in [-0.2, 0) is 9.59 Å². The van der Waals surface area contributed by atoms with Gasteiger partial charge in [0, 0.05) is 18.0 Å². The molecule has 52 valence electrons. The van der Waals surface area contributed by atoms with E-state index in [1.54, 1.807) is 0 Å². The maximum absolute atomic E-state index is 10.6. The van der Waals surface area contributed by atoms with Gasteiger partial charge in [-0.05, 0) is 0 Å². The Bertz CT molecular complexity index is 190. The molecule has 0 unspecified atom stereocenters. The Labute approximate surface area is 57.8 Å². The fourth-order valence-corrected chi connectivity index (χ4v) is 0.249. The van der Waals surface area contributed by atoms with E-state index in [4.69, 9.17) is 4.11 Å². The highest BCUT2D eigenvalue weighted by molar-refractivity contribution is 5.83. The maximum atomic E-state index is 10.6. The molecule has 2 N–H and O–H groups in total. The lowest BCUT2D eigenvalue weighted by molar-refractivity contribution is -0.124. The number of hydrogen-bond acceptors (Lipinski definition) is 2. The molecule has 0 aromatic rings. The topological polar surface area (TPSA) is 58.2 Å². The highest BCUT2D eigenvalue weighted by atomic mass is 16.2. The van der Waals surface area contributed by atoms with E-state index in [0.717, 1.165) is 0 Å². The van der Waals surface area contributed by atoms with Crippen LogP contribution in [0.4, 0.5) is 0 Å². The summed E-state index contributed by atoms with van der Waals surface area (Å²) in [6.07, 6.45) is 0. The molecule has 0 heterocycles. The molecule has 0 fully saturated rings. The first-order valence-corrected chi connectivity index (χ1v) is 2.37. The van der Waals surface area contributed by atoms with Gasteiger partial charge >= 0.3 is 0 Å². The Balaban J connectivity index is 3.81. The average molecular weight is 133 g/mol. The summed E-state index contributed by atoms with van der Waals surface area (Å²) in [6.45, 7) is -3.00. The van der Waals surface area contributed by atoms with Crippen molar-refractivity contribution in [2.75, 3.05) is 13.6 Å². The minimum absolute atomic E-state index is 0.312. The van der Waals surface area contributed by atoms with E-state index < -0.39 is 18.7 Å². The maximum Gasteiger partial charge on any atom is 0.239 e. The zero-order valence-electron chi connectivity index (χ0n) is 8.02. The quantitative estimate of drug-likeness (QED) is 0.500. The summed E-state index contributed by atoms with van der Waals surface area (Å²) in [5, 5.41) is 4.19. The summed E-state index contributed by atoms with van der Waals surface area (Å²) >= 11 is 0. The van der Waals surface area contributed by atoms with E-state index in [1.165, 1.54) is 7.05 Å². The second kappa shape index (κ2) is 3.88. The first kappa shape index (κ1) is 3.87. The summed E-state index contributed by atoms with van der Waals surface area (Å²) in [7, 11) is 1.39. The highest BCUT2D eigenvalue weighted by Crippen LogP contribution is 1.61. The molecule has 4 heteroatoms. The first-order valence-electron chi connectivity index (χ1n) is 3.87. The van der Waals surface area contributed by atoms with Crippen LogP contribution in [-0.4, -0.2) is 25.4 Å². The van der Waals surface area contributed by atoms with Gasteiger partial charge in [-0.1, -0.05) is 0 Å². The number of rotatable bonds is 2. The second-order valence-electron chi connectivity index (χ2n) is 1.36. The van der Waals surface area contributed by atoms with Crippen LogP contribution in [0.2, 0.25) is 0 Å². The van der Waals surface area contributed by atoms with Gasteiger partial charge in [-0.15, -0.1) is 0 Å². The second-order valence-corrected chi connectivity index (χ2v) is 1.36. The molecule has 9 heavy (non-hydrogen) atoms. The van der Waals surface area contributed by atoms with Crippen LogP contribution in [0.5, 0.6) is 0 Å². The Morgan fingerprint density at radius 3 is 2.78 bits per heavy atom. The molecule has 0 aromatic carbocycles. The van der Waals surface area contributed by atoms with Gasteiger partial charge in [0.15, 0.2) is 0 Å². The van der Waals surface area contributed by atoms with E-state index in [9.17, 15) is 9.59 Å². The first-order chi connectivity index (χ1) is 5.38. The van der Waals surface area contributed by atoms with Crippen molar-refractivity contribution in [3.05, 3.63) is 0 Å². The van der Waals surface area contributed by atoms with Crippen molar-refractivity contribution >= 4 is 11.8 Å². The largest absolute Gasteiger partial charge is 0.358 e. The molecule has 0 saturated heterocycles. The summed E-state index contributed by atoms with van der Waals surface area (Å²) in [4.78, 5) is 21.2. The molecule has 0 bridgehead atoms. The van der Waals surface area contributed by atoms with Crippen molar-refractivity contribution in [2.45, 2.75) is 6.85 Å². The fourth-order valence-electron chi connectivity index (χ4n) is 0.249. The van der Waals surface area contributed by atoms with Crippen LogP contribution in [0.15, 0.2) is 0 Å². The van der Waals surface area contributed by atoms with Crippen LogP contribution >= 0.6 is 0 Å². The lowest BCUT2D eigenvalue weighted by Crippen LogP contribution is -2.33. The number of carbonyl (C=O) groups excluding carboxylic acids is 2. The molecular formula is C5H10N2O2. The number of hydrogen-bond donors (Lipinski definition) is 2. The number of nitrogens with one attached hydrogen (secondary N) is 2. The molecule has 4 nitrogen and oxygen atoms in total. The highest BCUT2D eigenvalue weighted by Gasteiger charge is 1.95. The van der Waals surface area contributed by atoms with Crippen molar-refractivity contribution < 1.29 is 13.7 Å². The summed E-state index contributed by atoms with van der Waals surface area (Å²) < 4.78 is 19.9.